The number of nitro benzene ring substituents is 1. The molecule has 1 aliphatic carbocycles. The van der Waals surface area contributed by atoms with Crippen LogP contribution in [0, 0.1) is 28.4 Å². The molecule has 150 valence electrons. The van der Waals surface area contributed by atoms with Gasteiger partial charge in [-0.3, -0.25) is 24.3 Å². The Hall–Kier alpha value is -3.18. The highest BCUT2D eigenvalue weighted by atomic mass is 35.5. The number of carbonyl (C=O) groups excluding carboxylic acids is 1. The number of hydrogen-bond donors (Lipinski definition) is 1. The molecule has 0 aliphatic heterocycles. The molecular weight excluding hydrogens is 398 g/mol. The van der Waals surface area contributed by atoms with Gasteiger partial charge in [0.25, 0.3) is 11.2 Å². The van der Waals surface area contributed by atoms with E-state index in [4.69, 9.17) is 11.6 Å². The molecule has 29 heavy (non-hydrogen) atoms. The molecule has 1 N–H and O–H groups in total. The van der Waals surface area contributed by atoms with E-state index in [1.54, 1.807) is 0 Å². The van der Waals surface area contributed by atoms with E-state index >= 15 is 0 Å². The summed E-state index contributed by atoms with van der Waals surface area (Å²) in [5, 5.41) is 31.4. The highest BCUT2D eigenvalue weighted by molar-refractivity contribution is 6.32. The highest BCUT2D eigenvalue weighted by Gasteiger charge is 2.29. The van der Waals surface area contributed by atoms with E-state index in [-0.39, 0.29) is 33.3 Å². The lowest BCUT2D eigenvalue weighted by Crippen LogP contribution is -2.31. The molecule has 1 saturated carbocycles. The summed E-state index contributed by atoms with van der Waals surface area (Å²) in [5.41, 5.74) is -1.53. The summed E-state index contributed by atoms with van der Waals surface area (Å²) in [7, 11) is 0. The molecule has 1 aromatic carbocycles. The molecule has 0 radical (unpaired) electrons. The molecule has 0 saturated heterocycles. The van der Waals surface area contributed by atoms with Crippen molar-refractivity contribution in [1.82, 2.24) is 4.57 Å². The number of pyridine rings is 1. The molecule has 0 bridgehead atoms. The van der Waals surface area contributed by atoms with Gasteiger partial charge in [0.05, 0.1) is 10.5 Å². The fourth-order valence-corrected chi connectivity index (χ4v) is 4.00. The van der Waals surface area contributed by atoms with Crippen LogP contribution in [-0.2, 0) is 0 Å². The standard InChI is InChI=1S/C20H18ClN3O5/c1-11-14(10-22)19(26)23(13-5-3-2-4-6-13)20(27)17(11)18(25)12-7-8-15(21)16(9-12)24(28)29/h7-9,13,27H,2-6H2,1H3. The van der Waals surface area contributed by atoms with Crippen LogP contribution in [0.5, 0.6) is 5.88 Å². The number of nitro groups is 1. The van der Waals surface area contributed by atoms with Gasteiger partial charge < -0.3 is 5.11 Å². The van der Waals surface area contributed by atoms with E-state index in [2.05, 4.69) is 0 Å². The van der Waals surface area contributed by atoms with Crippen LogP contribution < -0.4 is 5.56 Å². The average Bonchev–Trinajstić information content (AvgIpc) is 2.69. The van der Waals surface area contributed by atoms with Crippen molar-refractivity contribution in [2.24, 2.45) is 0 Å². The number of ketones is 1. The van der Waals surface area contributed by atoms with E-state index in [0.717, 1.165) is 29.9 Å². The first-order valence-corrected chi connectivity index (χ1v) is 9.52. The Morgan fingerprint density at radius 3 is 2.59 bits per heavy atom. The molecule has 1 aromatic heterocycles. The zero-order valence-electron chi connectivity index (χ0n) is 15.6. The van der Waals surface area contributed by atoms with Crippen molar-refractivity contribution in [3.63, 3.8) is 0 Å². The maximum absolute atomic E-state index is 13.1. The Kier molecular flexibility index (Phi) is 5.71. The quantitative estimate of drug-likeness (QED) is 0.456. The van der Waals surface area contributed by atoms with E-state index in [1.165, 1.54) is 19.1 Å². The van der Waals surface area contributed by atoms with Gasteiger partial charge in [0.2, 0.25) is 5.88 Å². The van der Waals surface area contributed by atoms with Gasteiger partial charge in [0, 0.05) is 17.7 Å². The van der Waals surface area contributed by atoms with Gasteiger partial charge in [-0.15, -0.1) is 0 Å². The van der Waals surface area contributed by atoms with E-state index in [1.807, 2.05) is 6.07 Å². The van der Waals surface area contributed by atoms with E-state index < -0.39 is 27.8 Å². The fourth-order valence-electron chi connectivity index (χ4n) is 3.81. The summed E-state index contributed by atoms with van der Waals surface area (Å²) < 4.78 is 1.13. The van der Waals surface area contributed by atoms with Crippen molar-refractivity contribution in [1.29, 1.82) is 5.26 Å². The second kappa shape index (κ2) is 8.05. The number of aromatic hydroxyl groups is 1. The van der Waals surface area contributed by atoms with Crippen molar-refractivity contribution < 1.29 is 14.8 Å². The summed E-state index contributed by atoms with van der Waals surface area (Å²) in [5.74, 6) is -1.23. The number of carbonyl (C=O) groups is 1. The Balaban J connectivity index is 2.23. The molecule has 0 amide bonds. The minimum atomic E-state index is -0.721. The average molecular weight is 416 g/mol. The fraction of sp³-hybridized carbons (Fsp3) is 0.350. The first kappa shape index (κ1) is 20.6. The highest BCUT2D eigenvalue weighted by Crippen LogP contribution is 2.34. The predicted octanol–water partition coefficient (Wildman–Crippen LogP) is 4.03. The molecule has 1 heterocycles. The van der Waals surface area contributed by atoms with Crippen LogP contribution >= 0.6 is 11.6 Å². The normalized spacial score (nSPS) is 14.4. The summed E-state index contributed by atoms with van der Waals surface area (Å²) in [4.78, 5) is 36.4. The molecule has 2 aromatic rings. The Labute approximate surface area is 171 Å². The van der Waals surface area contributed by atoms with Crippen molar-refractivity contribution in [3.05, 3.63) is 65.9 Å². The summed E-state index contributed by atoms with van der Waals surface area (Å²) in [6.07, 6.45) is 4.07. The van der Waals surface area contributed by atoms with Crippen LogP contribution in [0.3, 0.4) is 0 Å². The molecule has 1 fully saturated rings. The van der Waals surface area contributed by atoms with Gasteiger partial charge in [-0.2, -0.15) is 5.26 Å². The minimum absolute atomic E-state index is 0.0460. The monoisotopic (exact) mass is 415 g/mol. The number of halogens is 1. The molecule has 8 nitrogen and oxygen atoms in total. The second-order valence-corrected chi connectivity index (χ2v) is 7.44. The van der Waals surface area contributed by atoms with Gasteiger partial charge in [-0.25, -0.2) is 0 Å². The third kappa shape index (κ3) is 3.61. The zero-order chi connectivity index (χ0) is 21.3. The predicted molar refractivity (Wildman–Crippen MR) is 105 cm³/mol. The smallest absolute Gasteiger partial charge is 0.288 e. The van der Waals surface area contributed by atoms with Gasteiger partial charge in [0.15, 0.2) is 5.78 Å². The number of benzene rings is 1. The van der Waals surface area contributed by atoms with Crippen LogP contribution in [0.2, 0.25) is 5.02 Å². The number of aromatic nitrogens is 1. The third-order valence-electron chi connectivity index (χ3n) is 5.32. The van der Waals surface area contributed by atoms with Crippen molar-refractivity contribution in [3.8, 4) is 11.9 Å². The number of hydrogen-bond acceptors (Lipinski definition) is 6. The Morgan fingerprint density at radius 2 is 2.00 bits per heavy atom. The van der Waals surface area contributed by atoms with Crippen LogP contribution in [0.15, 0.2) is 23.0 Å². The zero-order valence-corrected chi connectivity index (χ0v) is 16.4. The molecule has 0 unspecified atom stereocenters. The first-order chi connectivity index (χ1) is 13.8. The lowest BCUT2D eigenvalue weighted by atomic mass is 9.93. The maximum atomic E-state index is 13.1. The van der Waals surface area contributed by atoms with Crippen LogP contribution in [0.25, 0.3) is 0 Å². The topological polar surface area (TPSA) is 126 Å². The van der Waals surface area contributed by atoms with Crippen molar-refractivity contribution >= 4 is 23.1 Å². The Morgan fingerprint density at radius 1 is 1.34 bits per heavy atom. The summed E-state index contributed by atoms with van der Waals surface area (Å²) in [6, 6.07) is 5.07. The molecular formula is C20H18ClN3O5. The number of rotatable bonds is 4. The largest absolute Gasteiger partial charge is 0.494 e. The minimum Gasteiger partial charge on any atom is -0.494 e. The van der Waals surface area contributed by atoms with Crippen LogP contribution in [0.4, 0.5) is 5.69 Å². The van der Waals surface area contributed by atoms with Gasteiger partial charge >= 0.3 is 0 Å². The Bertz CT molecular complexity index is 1110. The van der Waals surface area contributed by atoms with Crippen molar-refractivity contribution in [2.45, 2.75) is 45.1 Å². The third-order valence-corrected chi connectivity index (χ3v) is 5.64. The van der Waals surface area contributed by atoms with Gasteiger partial charge in [-0.1, -0.05) is 30.9 Å². The van der Waals surface area contributed by atoms with E-state index in [9.17, 15) is 30.1 Å². The SMILES string of the molecule is Cc1c(C(=O)c2ccc(Cl)c([N+](=O)[O-])c2)c(O)n(C2CCCCC2)c(=O)c1C#N. The van der Waals surface area contributed by atoms with Crippen LogP contribution in [-0.4, -0.2) is 20.4 Å². The van der Waals surface area contributed by atoms with Crippen LogP contribution in [0.1, 0.15) is 65.2 Å². The maximum Gasteiger partial charge on any atom is 0.288 e. The molecule has 3 rings (SSSR count). The molecule has 1 aliphatic rings. The number of nitriles is 1. The molecule has 0 spiro atoms. The van der Waals surface area contributed by atoms with E-state index in [0.29, 0.717) is 12.8 Å². The van der Waals surface area contributed by atoms with Gasteiger partial charge in [-0.05, 0) is 37.5 Å². The summed E-state index contributed by atoms with van der Waals surface area (Å²) >= 11 is 5.81. The lowest BCUT2D eigenvalue weighted by molar-refractivity contribution is -0.384. The first-order valence-electron chi connectivity index (χ1n) is 9.14. The lowest BCUT2D eigenvalue weighted by Gasteiger charge is -2.26. The van der Waals surface area contributed by atoms with Gasteiger partial charge in [0.1, 0.15) is 16.7 Å². The second-order valence-electron chi connectivity index (χ2n) is 7.03. The summed E-state index contributed by atoms with van der Waals surface area (Å²) in [6.45, 7) is 1.41. The molecule has 9 heteroatoms. The van der Waals surface area contributed by atoms with Crippen molar-refractivity contribution in [2.75, 3.05) is 0 Å². The number of nitrogens with zero attached hydrogens (tertiary/aromatic N) is 3. The molecule has 0 atom stereocenters.